The third-order valence-corrected chi connectivity index (χ3v) is 4.64. The minimum atomic E-state index is 0.298. The van der Waals surface area contributed by atoms with Crippen LogP contribution in [0.5, 0.6) is 0 Å². The lowest BCUT2D eigenvalue weighted by Crippen LogP contribution is -2.61. The molecule has 1 unspecified atom stereocenters. The van der Waals surface area contributed by atoms with E-state index in [2.05, 4.69) is 58.9 Å². The van der Waals surface area contributed by atoms with Crippen LogP contribution in [0.25, 0.3) is 0 Å². The van der Waals surface area contributed by atoms with Crippen LogP contribution in [0.3, 0.4) is 0 Å². The molecule has 0 heterocycles. The number of hydrogen-bond donors (Lipinski definition) is 1. The Morgan fingerprint density at radius 3 is 1.65 bits per heavy atom. The van der Waals surface area contributed by atoms with Gasteiger partial charge in [-0.25, -0.2) is 0 Å². The fourth-order valence-electron chi connectivity index (χ4n) is 3.38. The topological polar surface area (TPSA) is 15.3 Å². The molecule has 0 amide bonds. The standard InChI is InChI=1S/C15H34N2/c1-8-13(9-2)14(16-12-5)15(10-3,11-4)17(6)7/h13-14,16H,8-12H2,1-7H3. The predicted molar refractivity (Wildman–Crippen MR) is 78.5 cm³/mol. The summed E-state index contributed by atoms with van der Waals surface area (Å²) < 4.78 is 0. The lowest BCUT2D eigenvalue weighted by molar-refractivity contribution is 0.0574. The number of nitrogens with zero attached hydrogens (tertiary/aromatic N) is 1. The predicted octanol–water partition coefficient (Wildman–Crippen LogP) is 3.52. The summed E-state index contributed by atoms with van der Waals surface area (Å²) in [5.41, 5.74) is 0.298. The molecule has 0 aliphatic carbocycles. The smallest absolute Gasteiger partial charge is 0.0353 e. The van der Waals surface area contributed by atoms with Crippen molar-refractivity contribution in [1.29, 1.82) is 0 Å². The number of hydrogen-bond acceptors (Lipinski definition) is 2. The SMILES string of the molecule is CCNC(C(CC)CC)C(CC)(CC)N(C)C. The van der Waals surface area contributed by atoms with E-state index in [9.17, 15) is 0 Å². The van der Waals surface area contributed by atoms with E-state index in [0.29, 0.717) is 11.6 Å². The van der Waals surface area contributed by atoms with Gasteiger partial charge in [-0.05, 0) is 39.4 Å². The summed E-state index contributed by atoms with van der Waals surface area (Å²) in [6, 6.07) is 0.604. The first-order valence-corrected chi connectivity index (χ1v) is 7.44. The van der Waals surface area contributed by atoms with Crippen LogP contribution < -0.4 is 5.32 Å². The first kappa shape index (κ1) is 16.9. The summed E-state index contributed by atoms with van der Waals surface area (Å²) in [4.78, 5) is 2.44. The summed E-state index contributed by atoms with van der Waals surface area (Å²) in [6.45, 7) is 12.6. The van der Waals surface area contributed by atoms with Crippen LogP contribution in [0.15, 0.2) is 0 Å². The molecule has 0 aromatic rings. The van der Waals surface area contributed by atoms with E-state index in [1.165, 1.54) is 25.7 Å². The van der Waals surface area contributed by atoms with Crippen LogP contribution in [-0.4, -0.2) is 37.1 Å². The molecule has 17 heavy (non-hydrogen) atoms. The molecule has 0 rings (SSSR count). The van der Waals surface area contributed by atoms with E-state index in [0.717, 1.165) is 12.5 Å². The summed E-state index contributed by atoms with van der Waals surface area (Å²) >= 11 is 0. The van der Waals surface area contributed by atoms with Crippen molar-refractivity contribution < 1.29 is 0 Å². The third kappa shape index (κ3) is 3.69. The van der Waals surface area contributed by atoms with Gasteiger partial charge in [0.05, 0.1) is 0 Å². The molecule has 104 valence electrons. The van der Waals surface area contributed by atoms with Crippen LogP contribution in [-0.2, 0) is 0 Å². The van der Waals surface area contributed by atoms with Crippen molar-refractivity contribution in [3.63, 3.8) is 0 Å². The zero-order valence-corrected chi connectivity index (χ0v) is 13.1. The fourth-order valence-corrected chi connectivity index (χ4v) is 3.38. The Balaban J connectivity index is 5.20. The zero-order valence-electron chi connectivity index (χ0n) is 13.1. The lowest BCUT2D eigenvalue weighted by Gasteiger charge is -2.48. The van der Waals surface area contributed by atoms with E-state index in [1.807, 2.05) is 0 Å². The molecule has 2 nitrogen and oxygen atoms in total. The van der Waals surface area contributed by atoms with Crippen LogP contribution in [0.4, 0.5) is 0 Å². The molecule has 0 radical (unpaired) electrons. The van der Waals surface area contributed by atoms with Gasteiger partial charge in [0, 0.05) is 11.6 Å². The van der Waals surface area contributed by atoms with Gasteiger partial charge in [0.25, 0.3) is 0 Å². The molecular formula is C15H34N2. The lowest BCUT2D eigenvalue weighted by atomic mass is 9.75. The van der Waals surface area contributed by atoms with Gasteiger partial charge >= 0.3 is 0 Å². The summed E-state index contributed by atoms with van der Waals surface area (Å²) in [5, 5.41) is 3.77. The third-order valence-electron chi connectivity index (χ3n) is 4.64. The summed E-state index contributed by atoms with van der Waals surface area (Å²) in [7, 11) is 4.47. The average Bonchev–Trinajstić information content (AvgIpc) is 2.32. The van der Waals surface area contributed by atoms with Crippen LogP contribution in [0, 0.1) is 5.92 Å². The highest BCUT2D eigenvalue weighted by molar-refractivity contribution is 4.99. The van der Waals surface area contributed by atoms with Crippen molar-refractivity contribution in [2.75, 3.05) is 20.6 Å². The fraction of sp³-hybridized carbons (Fsp3) is 1.00. The van der Waals surface area contributed by atoms with Crippen molar-refractivity contribution in [2.45, 2.75) is 71.9 Å². The molecular weight excluding hydrogens is 208 g/mol. The maximum absolute atomic E-state index is 3.77. The van der Waals surface area contributed by atoms with Gasteiger partial charge in [0.1, 0.15) is 0 Å². The Kier molecular flexibility index (Phi) is 8.06. The van der Waals surface area contributed by atoms with Gasteiger partial charge in [-0.3, -0.25) is 0 Å². The molecule has 0 aliphatic heterocycles. The highest BCUT2D eigenvalue weighted by atomic mass is 15.2. The summed E-state index contributed by atoms with van der Waals surface area (Å²) in [6.07, 6.45) is 4.96. The van der Waals surface area contributed by atoms with Crippen LogP contribution >= 0.6 is 0 Å². The Labute approximate surface area is 109 Å². The van der Waals surface area contributed by atoms with Gasteiger partial charge in [0.2, 0.25) is 0 Å². The molecule has 0 fully saturated rings. The van der Waals surface area contributed by atoms with Gasteiger partial charge in [0.15, 0.2) is 0 Å². The number of likely N-dealkylation sites (N-methyl/N-ethyl adjacent to an activating group) is 2. The molecule has 0 saturated carbocycles. The Hall–Kier alpha value is -0.0800. The van der Waals surface area contributed by atoms with E-state index < -0.39 is 0 Å². The van der Waals surface area contributed by atoms with E-state index in [1.54, 1.807) is 0 Å². The van der Waals surface area contributed by atoms with E-state index >= 15 is 0 Å². The Morgan fingerprint density at radius 2 is 1.41 bits per heavy atom. The van der Waals surface area contributed by atoms with Crippen molar-refractivity contribution in [2.24, 2.45) is 5.92 Å². The highest BCUT2D eigenvalue weighted by Crippen LogP contribution is 2.32. The van der Waals surface area contributed by atoms with Gasteiger partial charge in [-0.15, -0.1) is 0 Å². The Morgan fingerprint density at radius 1 is 0.941 bits per heavy atom. The first-order valence-electron chi connectivity index (χ1n) is 7.44. The maximum Gasteiger partial charge on any atom is 0.0353 e. The van der Waals surface area contributed by atoms with Gasteiger partial charge in [-0.2, -0.15) is 0 Å². The second kappa shape index (κ2) is 8.10. The highest BCUT2D eigenvalue weighted by Gasteiger charge is 2.40. The minimum Gasteiger partial charge on any atom is -0.312 e. The normalized spacial score (nSPS) is 14.6. The molecule has 1 N–H and O–H groups in total. The van der Waals surface area contributed by atoms with E-state index in [-0.39, 0.29) is 0 Å². The molecule has 0 aromatic carbocycles. The number of nitrogens with one attached hydrogen (secondary N) is 1. The Bertz CT molecular complexity index is 181. The quantitative estimate of drug-likeness (QED) is 0.665. The molecule has 0 spiro atoms. The molecule has 0 aliphatic rings. The summed E-state index contributed by atoms with van der Waals surface area (Å²) in [5.74, 6) is 0.775. The zero-order chi connectivity index (χ0) is 13.5. The number of rotatable bonds is 9. The van der Waals surface area contributed by atoms with Gasteiger partial charge < -0.3 is 10.2 Å². The molecule has 0 aromatic heterocycles. The largest absolute Gasteiger partial charge is 0.312 e. The van der Waals surface area contributed by atoms with Crippen molar-refractivity contribution in [1.82, 2.24) is 10.2 Å². The van der Waals surface area contributed by atoms with Crippen LogP contribution in [0.1, 0.15) is 60.3 Å². The van der Waals surface area contributed by atoms with Crippen molar-refractivity contribution in [3.05, 3.63) is 0 Å². The molecule has 2 heteroatoms. The second-order valence-corrected chi connectivity index (χ2v) is 5.32. The molecule has 0 bridgehead atoms. The van der Waals surface area contributed by atoms with Crippen molar-refractivity contribution in [3.8, 4) is 0 Å². The van der Waals surface area contributed by atoms with Crippen LogP contribution in [0.2, 0.25) is 0 Å². The maximum atomic E-state index is 3.77. The first-order chi connectivity index (χ1) is 8.03. The average molecular weight is 242 g/mol. The monoisotopic (exact) mass is 242 g/mol. The van der Waals surface area contributed by atoms with Gasteiger partial charge in [-0.1, -0.05) is 47.5 Å². The van der Waals surface area contributed by atoms with Crippen molar-refractivity contribution >= 4 is 0 Å². The second-order valence-electron chi connectivity index (χ2n) is 5.32. The molecule has 0 saturated heterocycles. The molecule has 1 atom stereocenters. The minimum absolute atomic E-state index is 0.298. The van der Waals surface area contributed by atoms with E-state index in [4.69, 9.17) is 0 Å².